The Hall–Kier alpha value is -1.12. The molecule has 3 nitrogen and oxygen atoms in total. The number of aliphatic imine (C=N–C) groups is 1. The number of carbonyl (C=O) groups excluding carboxylic acids is 1. The van der Waals surface area contributed by atoms with Crippen molar-refractivity contribution in [2.24, 2.45) is 10.9 Å². The lowest BCUT2D eigenvalue weighted by Gasteiger charge is -2.23. The maximum atomic E-state index is 11.2. The average molecular weight is 150 g/mol. The van der Waals surface area contributed by atoms with Crippen LogP contribution in [0.25, 0.3) is 0 Å². The van der Waals surface area contributed by atoms with Gasteiger partial charge in [-0.1, -0.05) is 12.2 Å². The zero-order chi connectivity index (χ0) is 7.68. The standard InChI is InChI=1S/C8H10N2O/c11-8-6-3-1-2-4-7(6)9-5-10-8/h1-2,6H,3-5H2,(H,10,11). The van der Waals surface area contributed by atoms with Crippen molar-refractivity contribution in [3.05, 3.63) is 12.2 Å². The van der Waals surface area contributed by atoms with Crippen LogP contribution in [0.3, 0.4) is 0 Å². The molecule has 0 radical (unpaired) electrons. The highest BCUT2D eigenvalue weighted by Crippen LogP contribution is 2.18. The molecule has 1 aliphatic heterocycles. The van der Waals surface area contributed by atoms with Crippen molar-refractivity contribution < 1.29 is 4.79 Å². The van der Waals surface area contributed by atoms with Crippen LogP contribution in [-0.4, -0.2) is 18.3 Å². The number of nitrogens with zero attached hydrogens (tertiary/aromatic N) is 1. The quantitative estimate of drug-likeness (QED) is 0.501. The molecule has 1 atom stereocenters. The fourth-order valence-corrected chi connectivity index (χ4v) is 1.49. The second kappa shape index (κ2) is 2.49. The van der Waals surface area contributed by atoms with Gasteiger partial charge in [-0.05, 0) is 6.42 Å². The van der Waals surface area contributed by atoms with Crippen molar-refractivity contribution in [3.63, 3.8) is 0 Å². The number of allylic oxidation sites excluding steroid dienone is 2. The molecule has 3 heteroatoms. The molecule has 0 saturated heterocycles. The van der Waals surface area contributed by atoms with Crippen molar-refractivity contribution in [1.29, 1.82) is 0 Å². The van der Waals surface area contributed by atoms with Gasteiger partial charge in [0.2, 0.25) is 5.91 Å². The first-order valence-electron chi connectivity index (χ1n) is 3.84. The number of rotatable bonds is 0. The number of hydrogen-bond donors (Lipinski definition) is 1. The van der Waals surface area contributed by atoms with Crippen LogP contribution < -0.4 is 5.32 Å². The average Bonchev–Trinajstić information content (AvgIpc) is 2.06. The summed E-state index contributed by atoms with van der Waals surface area (Å²) in [7, 11) is 0. The highest BCUT2D eigenvalue weighted by Gasteiger charge is 2.26. The molecule has 0 aromatic carbocycles. The van der Waals surface area contributed by atoms with Gasteiger partial charge < -0.3 is 5.32 Å². The summed E-state index contributed by atoms with van der Waals surface area (Å²) < 4.78 is 0. The Kier molecular flexibility index (Phi) is 1.49. The molecular formula is C8H10N2O. The third-order valence-corrected chi connectivity index (χ3v) is 2.12. The van der Waals surface area contributed by atoms with E-state index in [1.807, 2.05) is 0 Å². The monoisotopic (exact) mass is 150 g/mol. The number of fused-ring (bicyclic) bond motifs is 1. The fourth-order valence-electron chi connectivity index (χ4n) is 1.49. The molecule has 0 saturated carbocycles. The molecule has 1 amide bonds. The molecule has 1 unspecified atom stereocenters. The number of hydrogen-bond acceptors (Lipinski definition) is 2. The van der Waals surface area contributed by atoms with Gasteiger partial charge in [0.1, 0.15) is 6.67 Å². The third kappa shape index (κ3) is 1.06. The number of nitrogens with one attached hydrogen (secondary N) is 1. The first kappa shape index (κ1) is 6.58. The molecule has 0 fully saturated rings. The van der Waals surface area contributed by atoms with Crippen LogP contribution in [0.5, 0.6) is 0 Å². The van der Waals surface area contributed by atoms with Gasteiger partial charge in [0.15, 0.2) is 0 Å². The summed E-state index contributed by atoms with van der Waals surface area (Å²) in [4.78, 5) is 15.4. The van der Waals surface area contributed by atoms with Gasteiger partial charge in [0.05, 0.1) is 5.92 Å². The van der Waals surface area contributed by atoms with E-state index < -0.39 is 0 Å². The molecule has 0 spiro atoms. The topological polar surface area (TPSA) is 41.5 Å². The van der Waals surface area contributed by atoms with Crippen LogP contribution >= 0.6 is 0 Å². The summed E-state index contributed by atoms with van der Waals surface area (Å²) >= 11 is 0. The lowest BCUT2D eigenvalue weighted by molar-refractivity contribution is -0.123. The summed E-state index contributed by atoms with van der Waals surface area (Å²) in [6.07, 6.45) is 5.81. The molecule has 58 valence electrons. The molecule has 1 aliphatic carbocycles. The second-order valence-corrected chi connectivity index (χ2v) is 2.81. The number of amides is 1. The summed E-state index contributed by atoms with van der Waals surface area (Å²) in [6, 6.07) is 0. The maximum Gasteiger partial charge on any atom is 0.230 e. The summed E-state index contributed by atoms with van der Waals surface area (Å²) in [6.45, 7) is 0.471. The van der Waals surface area contributed by atoms with Crippen LogP contribution in [-0.2, 0) is 4.79 Å². The minimum atomic E-state index is 0.0359. The first-order valence-corrected chi connectivity index (χ1v) is 3.84. The Balaban J connectivity index is 2.27. The van der Waals surface area contributed by atoms with Crippen LogP contribution in [0, 0.1) is 5.92 Å². The van der Waals surface area contributed by atoms with Crippen LogP contribution in [0.4, 0.5) is 0 Å². The zero-order valence-electron chi connectivity index (χ0n) is 6.21. The second-order valence-electron chi connectivity index (χ2n) is 2.81. The predicted octanol–water partition coefficient (Wildman–Crippen LogP) is 0.481. The molecule has 0 bridgehead atoms. The van der Waals surface area contributed by atoms with E-state index in [0.717, 1.165) is 18.6 Å². The Morgan fingerprint density at radius 3 is 3.27 bits per heavy atom. The van der Waals surface area contributed by atoms with Crippen LogP contribution in [0.15, 0.2) is 17.1 Å². The maximum absolute atomic E-state index is 11.2. The molecule has 0 aromatic heterocycles. The van der Waals surface area contributed by atoms with E-state index in [-0.39, 0.29) is 11.8 Å². The predicted molar refractivity (Wildman–Crippen MR) is 42.3 cm³/mol. The van der Waals surface area contributed by atoms with Crippen molar-refractivity contribution in [1.82, 2.24) is 5.32 Å². The summed E-state index contributed by atoms with van der Waals surface area (Å²) in [5, 5.41) is 2.72. The van der Waals surface area contributed by atoms with Gasteiger partial charge >= 0.3 is 0 Å². The Bertz CT molecular complexity index is 242. The summed E-state index contributed by atoms with van der Waals surface area (Å²) in [5.74, 6) is 0.174. The van der Waals surface area contributed by atoms with Crippen molar-refractivity contribution in [2.45, 2.75) is 12.8 Å². The van der Waals surface area contributed by atoms with E-state index in [2.05, 4.69) is 22.5 Å². The minimum absolute atomic E-state index is 0.0359. The van der Waals surface area contributed by atoms with Crippen molar-refractivity contribution in [2.75, 3.05) is 6.67 Å². The highest BCUT2D eigenvalue weighted by molar-refractivity contribution is 6.06. The van der Waals surface area contributed by atoms with Gasteiger partial charge in [-0.2, -0.15) is 0 Å². The lowest BCUT2D eigenvalue weighted by Crippen LogP contribution is -2.40. The molecule has 1 N–H and O–H groups in total. The largest absolute Gasteiger partial charge is 0.336 e. The fraction of sp³-hybridized carbons (Fsp3) is 0.500. The molecular weight excluding hydrogens is 140 g/mol. The van der Waals surface area contributed by atoms with E-state index >= 15 is 0 Å². The van der Waals surface area contributed by atoms with E-state index in [4.69, 9.17) is 0 Å². The Morgan fingerprint density at radius 1 is 1.55 bits per heavy atom. The molecule has 2 rings (SSSR count). The van der Waals surface area contributed by atoms with E-state index in [9.17, 15) is 4.79 Å². The Morgan fingerprint density at radius 2 is 2.45 bits per heavy atom. The number of carbonyl (C=O) groups is 1. The molecule has 11 heavy (non-hydrogen) atoms. The summed E-state index contributed by atoms with van der Waals surface area (Å²) in [5.41, 5.74) is 1.05. The van der Waals surface area contributed by atoms with Crippen molar-refractivity contribution >= 4 is 11.6 Å². The molecule has 2 aliphatic rings. The van der Waals surface area contributed by atoms with Gasteiger partial charge in [-0.25, -0.2) is 0 Å². The zero-order valence-corrected chi connectivity index (χ0v) is 6.21. The van der Waals surface area contributed by atoms with Gasteiger partial charge in [0.25, 0.3) is 0 Å². The van der Waals surface area contributed by atoms with E-state index in [1.54, 1.807) is 0 Å². The lowest BCUT2D eigenvalue weighted by atomic mass is 9.90. The Labute approximate surface area is 65.2 Å². The van der Waals surface area contributed by atoms with Crippen LogP contribution in [0.1, 0.15) is 12.8 Å². The van der Waals surface area contributed by atoms with E-state index in [1.165, 1.54) is 0 Å². The smallest absolute Gasteiger partial charge is 0.230 e. The molecule has 1 heterocycles. The highest BCUT2D eigenvalue weighted by atomic mass is 16.2. The van der Waals surface area contributed by atoms with E-state index in [0.29, 0.717) is 6.67 Å². The van der Waals surface area contributed by atoms with Gasteiger partial charge in [-0.15, -0.1) is 0 Å². The first-order chi connectivity index (χ1) is 5.38. The minimum Gasteiger partial charge on any atom is -0.336 e. The normalized spacial score (nSPS) is 28.9. The van der Waals surface area contributed by atoms with Crippen LogP contribution in [0.2, 0.25) is 0 Å². The van der Waals surface area contributed by atoms with Gasteiger partial charge in [0, 0.05) is 12.1 Å². The SMILES string of the molecule is O=C1NCN=C2CC=CCC12. The third-order valence-electron chi connectivity index (χ3n) is 2.12. The van der Waals surface area contributed by atoms with Gasteiger partial charge in [-0.3, -0.25) is 9.79 Å². The van der Waals surface area contributed by atoms with Crippen molar-refractivity contribution in [3.8, 4) is 0 Å². The molecule has 0 aromatic rings.